The van der Waals surface area contributed by atoms with Gasteiger partial charge >= 0.3 is 0 Å². The predicted octanol–water partition coefficient (Wildman–Crippen LogP) is 1.65. The Morgan fingerprint density at radius 1 is 1.37 bits per heavy atom. The molecule has 0 aromatic heterocycles. The van der Waals surface area contributed by atoms with Gasteiger partial charge in [0.2, 0.25) is 5.91 Å². The number of morpholine rings is 1. The SMILES string of the molecule is COc1ccccc1/C=C1\SC(=S)N(CCC(=O)NN2CCOCC2)C1=O. The minimum Gasteiger partial charge on any atom is -0.496 e. The van der Waals surface area contributed by atoms with Gasteiger partial charge in [-0.3, -0.25) is 19.9 Å². The van der Waals surface area contributed by atoms with E-state index in [0.717, 1.165) is 5.56 Å². The molecule has 7 nitrogen and oxygen atoms in total. The van der Waals surface area contributed by atoms with Crippen molar-refractivity contribution in [2.24, 2.45) is 0 Å². The third-order valence-corrected chi connectivity index (χ3v) is 5.53. The van der Waals surface area contributed by atoms with Crippen LogP contribution in [-0.2, 0) is 14.3 Å². The molecule has 1 aromatic carbocycles. The van der Waals surface area contributed by atoms with Gasteiger partial charge in [0.05, 0.1) is 25.2 Å². The van der Waals surface area contributed by atoms with E-state index in [1.807, 2.05) is 29.3 Å². The van der Waals surface area contributed by atoms with Crippen molar-refractivity contribution >= 4 is 46.2 Å². The molecule has 0 radical (unpaired) electrons. The second-order valence-electron chi connectivity index (χ2n) is 5.96. The molecule has 0 saturated carbocycles. The van der Waals surface area contributed by atoms with Gasteiger partial charge in [0.1, 0.15) is 10.1 Å². The normalized spacial score (nSPS) is 19.6. The van der Waals surface area contributed by atoms with Crippen molar-refractivity contribution in [3.8, 4) is 5.75 Å². The van der Waals surface area contributed by atoms with E-state index in [2.05, 4.69) is 5.43 Å². The first-order valence-corrected chi connectivity index (χ1v) is 9.81. The molecule has 0 bridgehead atoms. The number of hydrazine groups is 1. The van der Waals surface area contributed by atoms with E-state index in [1.54, 1.807) is 13.2 Å². The van der Waals surface area contributed by atoms with Gasteiger partial charge in [-0.25, -0.2) is 5.01 Å². The van der Waals surface area contributed by atoms with Gasteiger partial charge in [-0.15, -0.1) is 0 Å². The topological polar surface area (TPSA) is 71.1 Å². The second-order valence-corrected chi connectivity index (χ2v) is 7.64. The fourth-order valence-corrected chi connectivity index (χ4v) is 4.04. The van der Waals surface area contributed by atoms with Gasteiger partial charge in [-0.05, 0) is 12.1 Å². The van der Waals surface area contributed by atoms with Crippen LogP contribution in [0, 0.1) is 0 Å². The third kappa shape index (κ3) is 5.07. The van der Waals surface area contributed by atoms with E-state index < -0.39 is 0 Å². The lowest BCUT2D eigenvalue weighted by molar-refractivity contribution is -0.128. The van der Waals surface area contributed by atoms with Crippen LogP contribution in [0.3, 0.4) is 0 Å². The molecule has 27 heavy (non-hydrogen) atoms. The summed E-state index contributed by atoms with van der Waals surface area (Å²) in [4.78, 5) is 26.8. The molecule has 0 atom stereocenters. The molecule has 0 spiro atoms. The Labute approximate surface area is 167 Å². The maximum atomic E-state index is 12.7. The fraction of sp³-hybridized carbons (Fsp3) is 0.389. The average molecular weight is 408 g/mol. The molecular formula is C18H21N3O4S2. The zero-order chi connectivity index (χ0) is 19.2. The Morgan fingerprint density at radius 3 is 2.85 bits per heavy atom. The smallest absolute Gasteiger partial charge is 0.266 e. The van der Waals surface area contributed by atoms with E-state index >= 15 is 0 Å². The molecule has 1 aromatic rings. The molecule has 144 valence electrons. The van der Waals surface area contributed by atoms with Gasteiger partial charge in [-0.1, -0.05) is 42.2 Å². The van der Waals surface area contributed by atoms with Gasteiger partial charge in [0, 0.05) is 31.6 Å². The van der Waals surface area contributed by atoms with Gasteiger partial charge in [0.25, 0.3) is 5.91 Å². The van der Waals surface area contributed by atoms with Crippen LogP contribution >= 0.6 is 24.0 Å². The molecule has 0 unspecified atom stereocenters. The third-order valence-electron chi connectivity index (χ3n) is 4.16. The van der Waals surface area contributed by atoms with Crippen LogP contribution in [0.4, 0.5) is 0 Å². The number of carbonyl (C=O) groups is 2. The maximum Gasteiger partial charge on any atom is 0.266 e. The number of hydrogen-bond acceptors (Lipinski definition) is 7. The van der Waals surface area contributed by atoms with Crippen LogP contribution in [0.5, 0.6) is 5.75 Å². The molecule has 9 heteroatoms. The predicted molar refractivity (Wildman–Crippen MR) is 108 cm³/mol. The summed E-state index contributed by atoms with van der Waals surface area (Å²) in [7, 11) is 1.59. The molecule has 2 saturated heterocycles. The zero-order valence-corrected chi connectivity index (χ0v) is 16.6. The van der Waals surface area contributed by atoms with Crippen LogP contribution in [0.2, 0.25) is 0 Å². The second kappa shape index (κ2) is 9.32. The lowest BCUT2D eigenvalue weighted by atomic mass is 10.2. The first kappa shape index (κ1) is 19.8. The average Bonchev–Trinajstić information content (AvgIpc) is 2.94. The van der Waals surface area contributed by atoms with Crippen molar-refractivity contribution in [3.05, 3.63) is 34.7 Å². The van der Waals surface area contributed by atoms with Crippen LogP contribution in [-0.4, -0.2) is 66.0 Å². The Bertz CT molecular complexity index is 763. The summed E-state index contributed by atoms with van der Waals surface area (Å²) in [6.07, 6.45) is 1.96. The number of nitrogens with zero attached hydrogens (tertiary/aromatic N) is 2. The van der Waals surface area contributed by atoms with Crippen molar-refractivity contribution in [2.75, 3.05) is 40.0 Å². The van der Waals surface area contributed by atoms with E-state index in [4.69, 9.17) is 21.7 Å². The number of hydrogen-bond donors (Lipinski definition) is 1. The number of methoxy groups -OCH3 is 1. The monoisotopic (exact) mass is 407 g/mol. The summed E-state index contributed by atoms with van der Waals surface area (Å²) in [5.74, 6) is 0.363. The standard InChI is InChI=1S/C18H21N3O4S2/c1-24-14-5-3-2-4-13(14)12-15-17(23)21(18(26)27-15)7-6-16(22)19-20-8-10-25-11-9-20/h2-5,12H,6-11H2,1H3,(H,19,22)/b15-12-. The van der Waals surface area contributed by atoms with Crippen molar-refractivity contribution in [1.29, 1.82) is 0 Å². The maximum absolute atomic E-state index is 12.7. The molecular weight excluding hydrogens is 386 g/mol. The largest absolute Gasteiger partial charge is 0.496 e. The summed E-state index contributed by atoms with van der Waals surface area (Å²) in [5, 5.41) is 1.83. The first-order valence-electron chi connectivity index (χ1n) is 8.59. The Morgan fingerprint density at radius 2 is 2.11 bits per heavy atom. The molecule has 3 rings (SSSR count). The highest BCUT2D eigenvalue weighted by Gasteiger charge is 2.32. The first-order chi connectivity index (χ1) is 13.1. The van der Waals surface area contributed by atoms with Crippen molar-refractivity contribution in [2.45, 2.75) is 6.42 Å². The van der Waals surface area contributed by atoms with Crippen molar-refractivity contribution in [1.82, 2.24) is 15.3 Å². The highest BCUT2D eigenvalue weighted by atomic mass is 32.2. The highest BCUT2D eigenvalue weighted by molar-refractivity contribution is 8.26. The lowest BCUT2D eigenvalue weighted by Gasteiger charge is -2.27. The number of thiocarbonyl (C=S) groups is 1. The fourth-order valence-electron chi connectivity index (χ4n) is 2.74. The number of rotatable bonds is 6. The minimum absolute atomic E-state index is 0.139. The van der Waals surface area contributed by atoms with Crippen LogP contribution in [0.25, 0.3) is 6.08 Å². The van der Waals surface area contributed by atoms with Gasteiger partial charge in [0.15, 0.2) is 0 Å². The molecule has 2 amide bonds. The van der Waals surface area contributed by atoms with E-state index in [0.29, 0.717) is 41.3 Å². The number of amides is 2. The Hall–Kier alpha value is -1.94. The zero-order valence-electron chi connectivity index (χ0n) is 15.0. The summed E-state index contributed by atoms with van der Waals surface area (Å²) < 4.78 is 11.0. The molecule has 2 fully saturated rings. The summed E-state index contributed by atoms with van der Waals surface area (Å²) >= 11 is 6.56. The number of carbonyl (C=O) groups excluding carboxylic acids is 2. The van der Waals surface area contributed by atoms with Crippen molar-refractivity contribution < 1.29 is 19.1 Å². The van der Waals surface area contributed by atoms with Crippen molar-refractivity contribution in [3.63, 3.8) is 0 Å². The van der Waals surface area contributed by atoms with Crippen LogP contribution in [0.15, 0.2) is 29.2 Å². The summed E-state index contributed by atoms with van der Waals surface area (Å²) in [6.45, 7) is 2.78. The molecule has 0 aliphatic carbocycles. The molecule has 2 aliphatic rings. The molecule has 2 heterocycles. The number of para-hydroxylation sites is 1. The summed E-state index contributed by atoms with van der Waals surface area (Å²) in [6, 6.07) is 7.46. The number of nitrogens with one attached hydrogen (secondary N) is 1. The van der Waals surface area contributed by atoms with E-state index in [-0.39, 0.29) is 24.8 Å². The Balaban J connectivity index is 1.59. The van der Waals surface area contributed by atoms with Crippen LogP contribution in [0.1, 0.15) is 12.0 Å². The quantitative estimate of drug-likeness (QED) is 0.568. The summed E-state index contributed by atoms with van der Waals surface area (Å²) in [5.41, 5.74) is 3.64. The van der Waals surface area contributed by atoms with Crippen LogP contribution < -0.4 is 10.2 Å². The van der Waals surface area contributed by atoms with E-state index in [1.165, 1.54) is 16.7 Å². The molecule has 1 N–H and O–H groups in total. The lowest BCUT2D eigenvalue weighted by Crippen LogP contribution is -2.49. The number of ether oxygens (including phenoxy) is 2. The number of benzene rings is 1. The van der Waals surface area contributed by atoms with Gasteiger partial charge < -0.3 is 9.47 Å². The Kier molecular flexibility index (Phi) is 6.84. The number of thioether (sulfide) groups is 1. The molecule has 2 aliphatic heterocycles. The highest BCUT2D eigenvalue weighted by Crippen LogP contribution is 2.34. The van der Waals surface area contributed by atoms with Gasteiger partial charge in [-0.2, -0.15) is 0 Å². The van der Waals surface area contributed by atoms with E-state index in [9.17, 15) is 9.59 Å². The minimum atomic E-state index is -0.185.